The third-order valence-corrected chi connectivity index (χ3v) is 5.42. The van der Waals surface area contributed by atoms with Crippen molar-refractivity contribution in [2.24, 2.45) is 0 Å². The second kappa shape index (κ2) is 8.67. The van der Waals surface area contributed by atoms with Gasteiger partial charge >= 0.3 is 0 Å². The molecule has 2 aliphatic rings. The number of amides is 1. The van der Waals surface area contributed by atoms with Crippen molar-refractivity contribution in [3.63, 3.8) is 0 Å². The molecular weight excluding hydrogens is 354 g/mol. The molecule has 1 aromatic heterocycles. The van der Waals surface area contributed by atoms with Gasteiger partial charge in [-0.1, -0.05) is 12.1 Å². The summed E-state index contributed by atoms with van der Waals surface area (Å²) in [5, 5.41) is 13.0. The van der Waals surface area contributed by atoms with Crippen molar-refractivity contribution in [3.05, 3.63) is 42.1 Å². The number of benzene rings is 1. The minimum absolute atomic E-state index is 0.0618. The van der Waals surface area contributed by atoms with E-state index in [1.807, 2.05) is 35.2 Å². The normalized spacial score (nSPS) is 18.8. The summed E-state index contributed by atoms with van der Waals surface area (Å²) in [6.07, 6.45) is 4.04. The SMILES string of the molecule is O=C(c1cccc(-c2nccc(N3CCC(O)CC3)n2)c1)N1CCCNCC1. The zero-order valence-corrected chi connectivity index (χ0v) is 16.0. The fraction of sp³-hybridized carbons (Fsp3) is 0.476. The standard InChI is InChI=1S/C21H27N5O2/c27-18-6-12-25(13-7-18)19-5-9-23-20(24-19)16-3-1-4-17(15-16)21(28)26-11-2-8-22-10-14-26/h1,3-5,9,15,18,22,27H,2,6-8,10-14H2. The average molecular weight is 381 g/mol. The second-order valence-electron chi connectivity index (χ2n) is 7.43. The number of rotatable bonds is 3. The number of carbonyl (C=O) groups is 1. The highest BCUT2D eigenvalue weighted by atomic mass is 16.3. The Morgan fingerprint density at radius 2 is 1.96 bits per heavy atom. The maximum Gasteiger partial charge on any atom is 0.253 e. The molecule has 1 amide bonds. The van der Waals surface area contributed by atoms with Gasteiger partial charge in [0, 0.05) is 50.0 Å². The molecular formula is C21H27N5O2. The first-order valence-corrected chi connectivity index (χ1v) is 10.1. The smallest absolute Gasteiger partial charge is 0.253 e. The molecule has 7 nitrogen and oxygen atoms in total. The highest BCUT2D eigenvalue weighted by molar-refractivity contribution is 5.95. The Morgan fingerprint density at radius 3 is 2.82 bits per heavy atom. The van der Waals surface area contributed by atoms with Crippen molar-refractivity contribution in [1.29, 1.82) is 0 Å². The van der Waals surface area contributed by atoms with E-state index in [0.29, 0.717) is 11.4 Å². The summed E-state index contributed by atoms with van der Waals surface area (Å²) in [5.41, 5.74) is 1.52. The Kier molecular flexibility index (Phi) is 5.83. The van der Waals surface area contributed by atoms with Gasteiger partial charge in [0.2, 0.25) is 0 Å². The molecule has 0 atom stereocenters. The number of piperidine rings is 1. The zero-order valence-electron chi connectivity index (χ0n) is 16.0. The van der Waals surface area contributed by atoms with Gasteiger partial charge < -0.3 is 20.2 Å². The van der Waals surface area contributed by atoms with E-state index >= 15 is 0 Å². The lowest BCUT2D eigenvalue weighted by molar-refractivity contribution is 0.0766. The fourth-order valence-electron chi connectivity index (χ4n) is 3.78. The van der Waals surface area contributed by atoms with Gasteiger partial charge in [-0.05, 0) is 44.0 Å². The first kappa shape index (κ1) is 18.8. The van der Waals surface area contributed by atoms with E-state index in [2.05, 4.69) is 15.2 Å². The van der Waals surface area contributed by atoms with Crippen molar-refractivity contribution >= 4 is 11.7 Å². The third kappa shape index (κ3) is 4.31. The van der Waals surface area contributed by atoms with Gasteiger partial charge in [-0.3, -0.25) is 4.79 Å². The molecule has 148 valence electrons. The Labute approximate surface area is 165 Å². The van der Waals surface area contributed by atoms with Crippen LogP contribution < -0.4 is 10.2 Å². The van der Waals surface area contributed by atoms with E-state index < -0.39 is 0 Å². The Morgan fingerprint density at radius 1 is 1.11 bits per heavy atom. The monoisotopic (exact) mass is 381 g/mol. The molecule has 0 bridgehead atoms. The third-order valence-electron chi connectivity index (χ3n) is 5.42. The van der Waals surface area contributed by atoms with Crippen LogP contribution in [0.1, 0.15) is 29.6 Å². The van der Waals surface area contributed by atoms with E-state index in [-0.39, 0.29) is 12.0 Å². The van der Waals surface area contributed by atoms with E-state index in [1.165, 1.54) is 0 Å². The van der Waals surface area contributed by atoms with E-state index in [9.17, 15) is 9.90 Å². The zero-order chi connectivity index (χ0) is 19.3. The number of carbonyl (C=O) groups excluding carboxylic acids is 1. The number of aromatic nitrogens is 2. The fourth-order valence-corrected chi connectivity index (χ4v) is 3.78. The first-order valence-electron chi connectivity index (χ1n) is 10.1. The molecule has 0 saturated carbocycles. The van der Waals surface area contributed by atoms with Crippen molar-refractivity contribution in [3.8, 4) is 11.4 Å². The summed E-state index contributed by atoms with van der Waals surface area (Å²) in [5.74, 6) is 1.55. The topological polar surface area (TPSA) is 81.6 Å². The van der Waals surface area contributed by atoms with E-state index in [0.717, 1.165) is 69.9 Å². The molecule has 2 N–H and O–H groups in total. The van der Waals surface area contributed by atoms with Crippen LogP contribution in [-0.2, 0) is 0 Å². The van der Waals surface area contributed by atoms with Crippen LogP contribution in [0, 0.1) is 0 Å². The quantitative estimate of drug-likeness (QED) is 0.839. The van der Waals surface area contributed by atoms with Gasteiger partial charge in [-0.15, -0.1) is 0 Å². The second-order valence-corrected chi connectivity index (χ2v) is 7.43. The number of nitrogens with one attached hydrogen (secondary N) is 1. The number of nitrogens with zero attached hydrogens (tertiary/aromatic N) is 4. The summed E-state index contributed by atoms with van der Waals surface area (Å²) >= 11 is 0. The summed E-state index contributed by atoms with van der Waals surface area (Å²) in [6.45, 7) is 4.89. The average Bonchev–Trinajstić information content (AvgIpc) is 3.03. The molecule has 7 heteroatoms. The van der Waals surface area contributed by atoms with Crippen LogP contribution in [0.25, 0.3) is 11.4 Å². The molecule has 0 radical (unpaired) electrons. The van der Waals surface area contributed by atoms with Crippen molar-refractivity contribution < 1.29 is 9.90 Å². The maximum atomic E-state index is 12.9. The highest BCUT2D eigenvalue weighted by Crippen LogP contribution is 2.22. The van der Waals surface area contributed by atoms with Gasteiger partial charge in [-0.25, -0.2) is 9.97 Å². The predicted molar refractivity (Wildman–Crippen MR) is 108 cm³/mol. The predicted octanol–water partition coefficient (Wildman–Crippen LogP) is 1.54. The molecule has 2 fully saturated rings. The van der Waals surface area contributed by atoms with Gasteiger partial charge in [0.05, 0.1) is 6.10 Å². The summed E-state index contributed by atoms with van der Waals surface area (Å²) in [4.78, 5) is 26.1. The molecule has 0 unspecified atom stereocenters. The molecule has 0 spiro atoms. The van der Waals surface area contributed by atoms with Gasteiger partial charge in [0.25, 0.3) is 5.91 Å². The minimum Gasteiger partial charge on any atom is -0.393 e. The van der Waals surface area contributed by atoms with E-state index in [1.54, 1.807) is 6.20 Å². The lowest BCUT2D eigenvalue weighted by Crippen LogP contribution is -2.36. The molecule has 0 aliphatic carbocycles. The van der Waals surface area contributed by atoms with Crippen molar-refractivity contribution in [2.75, 3.05) is 44.2 Å². The largest absolute Gasteiger partial charge is 0.393 e. The molecule has 28 heavy (non-hydrogen) atoms. The van der Waals surface area contributed by atoms with Gasteiger partial charge in [-0.2, -0.15) is 0 Å². The number of aliphatic hydroxyl groups excluding tert-OH is 1. The molecule has 3 heterocycles. The Bertz CT molecular complexity index is 812. The van der Waals surface area contributed by atoms with Crippen LogP contribution >= 0.6 is 0 Å². The van der Waals surface area contributed by atoms with Crippen LogP contribution in [0.5, 0.6) is 0 Å². The molecule has 2 aromatic rings. The maximum absolute atomic E-state index is 12.9. The number of anilines is 1. The van der Waals surface area contributed by atoms with Crippen molar-refractivity contribution in [1.82, 2.24) is 20.2 Å². The highest BCUT2D eigenvalue weighted by Gasteiger charge is 2.20. The number of hydrogen-bond donors (Lipinski definition) is 2. The number of hydrogen-bond acceptors (Lipinski definition) is 6. The molecule has 2 aliphatic heterocycles. The van der Waals surface area contributed by atoms with Crippen LogP contribution in [0.3, 0.4) is 0 Å². The first-order chi connectivity index (χ1) is 13.7. The van der Waals surface area contributed by atoms with Crippen LogP contribution in [-0.4, -0.2) is 71.3 Å². The Balaban J connectivity index is 1.54. The Hall–Kier alpha value is -2.51. The van der Waals surface area contributed by atoms with Crippen molar-refractivity contribution in [2.45, 2.75) is 25.4 Å². The lowest BCUT2D eigenvalue weighted by Gasteiger charge is -2.30. The summed E-state index contributed by atoms with van der Waals surface area (Å²) in [7, 11) is 0. The van der Waals surface area contributed by atoms with Crippen LogP contribution in [0.2, 0.25) is 0 Å². The molecule has 4 rings (SSSR count). The summed E-state index contributed by atoms with van der Waals surface area (Å²) in [6, 6.07) is 9.49. The van der Waals surface area contributed by atoms with Gasteiger partial charge in [0.1, 0.15) is 5.82 Å². The van der Waals surface area contributed by atoms with Crippen LogP contribution in [0.4, 0.5) is 5.82 Å². The minimum atomic E-state index is -0.213. The molecule has 1 aromatic carbocycles. The molecule has 2 saturated heterocycles. The number of aliphatic hydroxyl groups is 1. The van der Waals surface area contributed by atoms with Gasteiger partial charge in [0.15, 0.2) is 5.82 Å². The van der Waals surface area contributed by atoms with Crippen LogP contribution in [0.15, 0.2) is 36.5 Å². The van der Waals surface area contributed by atoms with E-state index in [4.69, 9.17) is 4.98 Å². The lowest BCUT2D eigenvalue weighted by atomic mass is 10.1. The summed E-state index contributed by atoms with van der Waals surface area (Å²) < 4.78 is 0.